The topological polar surface area (TPSA) is 29.4 Å². The number of benzene rings is 2. The Morgan fingerprint density at radius 3 is 2.00 bits per heavy atom. The molecule has 94 valence electrons. The van der Waals surface area contributed by atoms with Gasteiger partial charge in [0, 0.05) is 11.2 Å². The third kappa shape index (κ3) is 2.62. The Kier molecular flexibility index (Phi) is 3.53. The molecule has 3 heteroatoms. The first-order valence-corrected chi connectivity index (χ1v) is 7.76. The molecule has 0 saturated heterocycles. The third-order valence-electron chi connectivity index (χ3n) is 2.89. The molecule has 2 nitrogen and oxygen atoms in total. The largest absolute Gasteiger partial charge is 0.245 e. The summed E-state index contributed by atoms with van der Waals surface area (Å²) in [5.74, 6) is 0. The predicted octanol–water partition coefficient (Wildman–Crippen LogP) is 4.09. The fraction of sp³-hybridized carbons (Fsp3) is 0.200. The summed E-state index contributed by atoms with van der Waals surface area (Å²) in [7, 11) is -2.38. The Labute approximate surface area is 109 Å². The monoisotopic (exact) mass is 259 g/mol. The van der Waals surface area contributed by atoms with Gasteiger partial charge in [-0.1, -0.05) is 36.4 Å². The molecule has 2 aromatic carbocycles. The van der Waals surface area contributed by atoms with Crippen LogP contribution in [0.3, 0.4) is 0 Å². The number of hydrogen-bond acceptors (Lipinski definition) is 2. The number of aryl methyl sites for hydroxylation is 2. The van der Waals surface area contributed by atoms with E-state index in [1.165, 1.54) is 0 Å². The molecule has 2 rings (SSSR count). The van der Waals surface area contributed by atoms with E-state index in [-0.39, 0.29) is 0 Å². The van der Waals surface area contributed by atoms with Crippen LogP contribution in [0.4, 0.5) is 5.69 Å². The van der Waals surface area contributed by atoms with E-state index in [1.54, 1.807) is 6.26 Å². The lowest BCUT2D eigenvalue weighted by Gasteiger charge is -2.08. The minimum atomic E-state index is -2.38. The van der Waals surface area contributed by atoms with E-state index in [9.17, 15) is 4.21 Å². The van der Waals surface area contributed by atoms with Crippen molar-refractivity contribution in [3.8, 4) is 0 Å². The van der Waals surface area contributed by atoms with Gasteiger partial charge in [-0.05, 0) is 37.1 Å². The van der Waals surface area contributed by atoms with Gasteiger partial charge in [0.15, 0.2) is 0 Å². The molecule has 0 saturated carbocycles. The Morgan fingerprint density at radius 1 is 0.889 bits per heavy atom. The summed E-state index contributed by atoms with van der Waals surface area (Å²) in [5.41, 5.74) is 2.95. The molecule has 0 bridgehead atoms. The van der Waals surface area contributed by atoms with Gasteiger partial charge in [-0.3, -0.25) is 0 Å². The highest BCUT2D eigenvalue weighted by atomic mass is 32.2. The van der Waals surface area contributed by atoms with E-state index in [4.69, 9.17) is 0 Å². The number of rotatable bonds is 2. The zero-order chi connectivity index (χ0) is 13.2. The first-order chi connectivity index (χ1) is 8.50. The van der Waals surface area contributed by atoms with E-state index >= 15 is 0 Å². The predicted molar refractivity (Wildman–Crippen MR) is 76.8 cm³/mol. The average Bonchev–Trinajstić information content (AvgIpc) is 2.35. The standard InChI is InChI=1S/C15H17NOS/c1-12-8-7-9-13(2)15(12)16-18(3,17)14-10-5-4-6-11-14/h4-11H,1-3H3. The van der Waals surface area contributed by atoms with E-state index in [1.807, 2.05) is 62.4 Å². The van der Waals surface area contributed by atoms with Crippen LogP contribution >= 0.6 is 0 Å². The minimum absolute atomic E-state index is 0.771. The van der Waals surface area contributed by atoms with Crippen LogP contribution in [0.2, 0.25) is 0 Å². The lowest BCUT2D eigenvalue weighted by atomic mass is 10.1. The smallest absolute Gasteiger partial charge is 0.0791 e. The third-order valence-corrected chi connectivity index (χ3v) is 4.56. The quantitative estimate of drug-likeness (QED) is 0.798. The van der Waals surface area contributed by atoms with Crippen molar-refractivity contribution in [3.05, 3.63) is 59.7 Å². The molecule has 0 aliphatic rings. The van der Waals surface area contributed by atoms with E-state index in [0.29, 0.717) is 0 Å². The summed E-state index contributed by atoms with van der Waals surface area (Å²) in [4.78, 5) is 0.771. The van der Waals surface area contributed by atoms with Crippen molar-refractivity contribution < 1.29 is 4.21 Å². The molecule has 0 N–H and O–H groups in total. The summed E-state index contributed by atoms with van der Waals surface area (Å²) in [6.07, 6.45) is 1.69. The van der Waals surface area contributed by atoms with Crippen molar-refractivity contribution in [2.24, 2.45) is 4.36 Å². The highest BCUT2D eigenvalue weighted by molar-refractivity contribution is 7.93. The normalized spacial score (nSPS) is 13.9. The second-order valence-electron chi connectivity index (χ2n) is 4.45. The fourth-order valence-corrected chi connectivity index (χ4v) is 3.25. The van der Waals surface area contributed by atoms with Crippen LogP contribution in [0.1, 0.15) is 11.1 Å². The van der Waals surface area contributed by atoms with Gasteiger partial charge < -0.3 is 0 Å². The molecule has 0 heterocycles. The summed E-state index contributed by atoms with van der Waals surface area (Å²) >= 11 is 0. The highest BCUT2D eigenvalue weighted by Crippen LogP contribution is 2.26. The molecule has 1 atom stereocenters. The second kappa shape index (κ2) is 4.94. The molecule has 1 unspecified atom stereocenters. The SMILES string of the molecule is Cc1cccc(C)c1N=S(C)(=O)c1ccccc1. The summed E-state index contributed by atoms with van der Waals surface area (Å²) in [6.45, 7) is 3.98. The Balaban J connectivity index is 2.61. The van der Waals surface area contributed by atoms with Crippen LogP contribution in [0.25, 0.3) is 0 Å². The van der Waals surface area contributed by atoms with Gasteiger partial charge in [-0.2, -0.15) is 4.36 Å². The van der Waals surface area contributed by atoms with Crippen LogP contribution < -0.4 is 0 Å². The van der Waals surface area contributed by atoms with Gasteiger partial charge in [0.2, 0.25) is 0 Å². The van der Waals surface area contributed by atoms with E-state index in [2.05, 4.69) is 4.36 Å². The Bertz CT molecular complexity index is 648. The van der Waals surface area contributed by atoms with Crippen molar-refractivity contribution >= 4 is 15.4 Å². The number of hydrogen-bond donors (Lipinski definition) is 0. The molecule has 0 fully saturated rings. The number of nitrogens with zero attached hydrogens (tertiary/aromatic N) is 1. The van der Waals surface area contributed by atoms with Crippen molar-refractivity contribution in [2.45, 2.75) is 18.7 Å². The van der Waals surface area contributed by atoms with Crippen LogP contribution in [0.15, 0.2) is 57.8 Å². The summed E-state index contributed by atoms with van der Waals surface area (Å²) in [5, 5.41) is 0. The fourth-order valence-electron chi connectivity index (χ4n) is 1.85. The maximum Gasteiger partial charge on any atom is 0.0791 e. The molecule has 0 amide bonds. The van der Waals surface area contributed by atoms with Crippen LogP contribution in [-0.4, -0.2) is 10.5 Å². The van der Waals surface area contributed by atoms with Crippen LogP contribution in [-0.2, 0) is 9.73 Å². The molecular formula is C15H17NOS. The van der Waals surface area contributed by atoms with Gasteiger partial charge in [0.1, 0.15) is 0 Å². The zero-order valence-corrected chi connectivity index (χ0v) is 11.7. The zero-order valence-electron chi connectivity index (χ0n) is 10.9. The van der Waals surface area contributed by atoms with E-state index in [0.717, 1.165) is 21.7 Å². The molecular weight excluding hydrogens is 242 g/mol. The van der Waals surface area contributed by atoms with Crippen molar-refractivity contribution in [3.63, 3.8) is 0 Å². The highest BCUT2D eigenvalue weighted by Gasteiger charge is 2.08. The van der Waals surface area contributed by atoms with Crippen molar-refractivity contribution in [2.75, 3.05) is 6.26 Å². The first kappa shape index (κ1) is 12.8. The Morgan fingerprint density at radius 2 is 1.44 bits per heavy atom. The van der Waals surface area contributed by atoms with Gasteiger partial charge in [-0.15, -0.1) is 0 Å². The lowest BCUT2D eigenvalue weighted by molar-refractivity contribution is 0.680. The van der Waals surface area contributed by atoms with Gasteiger partial charge in [-0.25, -0.2) is 4.21 Å². The van der Waals surface area contributed by atoms with Gasteiger partial charge in [0.25, 0.3) is 0 Å². The van der Waals surface area contributed by atoms with Crippen LogP contribution in [0.5, 0.6) is 0 Å². The van der Waals surface area contributed by atoms with Crippen molar-refractivity contribution in [1.29, 1.82) is 0 Å². The molecule has 0 aliphatic heterocycles. The summed E-state index contributed by atoms with van der Waals surface area (Å²) < 4.78 is 17.2. The van der Waals surface area contributed by atoms with Crippen molar-refractivity contribution in [1.82, 2.24) is 0 Å². The lowest BCUT2D eigenvalue weighted by Crippen LogP contribution is -1.97. The second-order valence-corrected chi connectivity index (χ2v) is 6.71. The van der Waals surface area contributed by atoms with E-state index < -0.39 is 9.73 Å². The average molecular weight is 259 g/mol. The Hall–Kier alpha value is -1.61. The maximum absolute atomic E-state index is 12.7. The van der Waals surface area contributed by atoms with Crippen LogP contribution in [0, 0.1) is 13.8 Å². The minimum Gasteiger partial charge on any atom is -0.245 e. The van der Waals surface area contributed by atoms with Gasteiger partial charge in [0.05, 0.1) is 15.4 Å². The molecule has 18 heavy (non-hydrogen) atoms. The molecule has 0 spiro atoms. The molecule has 0 aliphatic carbocycles. The van der Waals surface area contributed by atoms with Gasteiger partial charge >= 0.3 is 0 Å². The molecule has 0 aromatic heterocycles. The summed E-state index contributed by atoms with van der Waals surface area (Å²) in [6, 6.07) is 15.4. The first-order valence-electron chi connectivity index (χ1n) is 5.84. The maximum atomic E-state index is 12.7. The molecule has 0 radical (unpaired) electrons. The molecule has 2 aromatic rings.